The van der Waals surface area contributed by atoms with Crippen molar-refractivity contribution in [3.8, 4) is 0 Å². The van der Waals surface area contributed by atoms with Crippen LogP contribution < -0.4 is 10.2 Å². The summed E-state index contributed by atoms with van der Waals surface area (Å²) in [7, 11) is 7.70. The van der Waals surface area contributed by atoms with E-state index in [9.17, 15) is 13.6 Å². The summed E-state index contributed by atoms with van der Waals surface area (Å²) in [6.07, 6.45) is 0. The van der Waals surface area contributed by atoms with Gasteiger partial charge >= 0.3 is 0 Å². The number of halogens is 2. The van der Waals surface area contributed by atoms with Gasteiger partial charge in [-0.3, -0.25) is 4.79 Å². The molecule has 0 heterocycles. The van der Waals surface area contributed by atoms with Gasteiger partial charge in [-0.05, 0) is 43.9 Å². The Labute approximate surface area is 147 Å². The Balaban J connectivity index is 2.13. The van der Waals surface area contributed by atoms with Crippen LogP contribution in [0.3, 0.4) is 0 Å². The fraction of sp³-hybridized carbons (Fsp3) is 0.316. The number of nitrogens with zero attached hydrogens (tertiary/aromatic N) is 2. The van der Waals surface area contributed by atoms with Crippen molar-refractivity contribution in [1.29, 1.82) is 0 Å². The van der Waals surface area contributed by atoms with Gasteiger partial charge in [0.2, 0.25) is 0 Å². The average molecular weight is 347 g/mol. The summed E-state index contributed by atoms with van der Waals surface area (Å²) in [6.45, 7) is 0.237. The van der Waals surface area contributed by atoms with Crippen molar-refractivity contribution >= 4 is 11.6 Å². The third kappa shape index (κ3) is 4.54. The molecule has 0 aliphatic carbocycles. The monoisotopic (exact) mass is 347 g/mol. The lowest BCUT2D eigenvalue weighted by molar-refractivity contribution is 0.0933. The van der Waals surface area contributed by atoms with Crippen LogP contribution in [0.15, 0.2) is 42.5 Å². The van der Waals surface area contributed by atoms with Crippen LogP contribution in [0, 0.1) is 11.6 Å². The van der Waals surface area contributed by atoms with E-state index in [1.807, 2.05) is 62.3 Å². The summed E-state index contributed by atoms with van der Waals surface area (Å²) in [4.78, 5) is 16.1. The first kappa shape index (κ1) is 18.9. The smallest absolute Gasteiger partial charge is 0.257 e. The van der Waals surface area contributed by atoms with E-state index in [2.05, 4.69) is 5.32 Å². The maximum atomic E-state index is 13.7. The van der Waals surface area contributed by atoms with Crippen molar-refractivity contribution in [3.63, 3.8) is 0 Å². The van der Waals surface area contributed by atoms with Crippen molar-refractivity contribution in [2.75, 3.05) is 39.6 Å². The van der Waals surface area contributed by atoms with Crippen LogP contribution in [0.25, 0.3) is 0 Å². The lowest BCUT2D eigenvalue weighted by Crippen LogP contribution is -2.35. The average Bonchev–Trinajstić information content (AvgIpc) is 2.55. The number of rotatable bonds is 6. The van der Waals surface area contributed by atoms with Gasteiger partial charge in [0.05, 0.1) is 6.04 Å². The van der Waals surface area contributed by atoms with E-state index in [0.29, 0.717) is 0 Å². The minimum Gasteiger partial charge on any atom is -0.378 e. The van der Waals surface area contributed by atoms with Crippen molar-refractivity contribution in [3.05, 3.63) is 65.2 Å². The maximum absolute atomic E-state index is 13.7. The molecular formula is C19H23F2N3O. The number of amides is 1. The second kappa shape index (κ2) is 8.07. The van der Waals surface area contributed by atoms with Crippen LogP contribution in [-0.2, 0) is 0 Å². The quantitative estimate of drug-likeness (QED) is 0.872. The highest BCUT2D eigenvalue weighted by Crippen LogP contribution is 2.21. The minimum absolute atomic E-state index is 0.116. The first-order chi connectivity index (χ1) is 11.8. The molecule has 0 spiro atoms. The summed E-state index contributed by atoms with van der Waals surface area (Å²) >= 11 is 0. The van der Waals surface area contributed by atoms with Gasteiger partial charge < -0.3 is 15.1 Å². The third-order valence-electron chi connectivity index (χ3n) is 4.06. The van der Waals surface area contributed by atoms with E-state index in [4.69, 9.17) is 0 Å². The van der Waals surface area contributed by atoms with Gasteiger partial charge in [0.1, 0.15) is 17.2 Å². The summed E-state index contributed by atoms with van der Waals surface area (Å²) in [6, 6.07) is 11.2. The Kier molecular flexibility index (Phi) is 6.09. The second-order valence-corrected chi connectivity index (χ2v) is 6.27. The molecule has 0 aliphatic heterocycles. The molecule has 0 aromatic heterocycles. The molecule has 2 aromatic rings. The summed E-state index contributed by atoms with van der Waals surface area (Å²) in [5, 5.41) is 2.63. The largest absolute Gasteiger partial charge is 0.378 e. The van der Waals surface area contributed by atoms with Crippen molar-refractivity contribution in [1.82, 2.24) is 10.2 Å². The standard InChI is InChI=1S/C19H23F2N3O/c1-23(2)14-10-8-13(9-11-14)17(24(3)4)12-22-19(25)18-15(20)6-5-7-16(18)21/h5-11,17H,12H2,1-4H3,(H,22,25)/t17-/m1/s1. The molecule has 0 bridgehead atoms. The summed E-state index contributed by atoms with van der Waals surface area (Å²) in [5.41, 5.74) is 1.52. The zero-order valence-electron chi connectivity index (χ0n) is 14.9. The molecule has 0 radical (unpaired) electrons. The number of anilines is 1. The molecule has 0 fully saturated rings. The van der Waals surface area contributed by atoms with E-state index >= 15 is 0 Å². The molecular weight excluding hydrogens is 324 g/mol. The first-order valence-electron chi connectivity index (χ1n) is 7.97. The fourth-order valence-electron chi connectivity index (χ4n) is 2.59. The molecule has 0 aliphatic rings. The van der Waals surface area contributed by atoms with E-state index in [-0.39, 0.29) is 12.6 Å². The number of carbonyl (C=O) groups excluding carboxylic acids is 1. The summed E-state index contributed by atoms with van der Waals surface area (Å²) in [5.74, 6) is -2.49. The fourth-order valence-corrected chi connectivity index (χ4v) is 2.59. The number of benzene rings is 2. The Morgan fingerprint density at radius 3 is 2.04 bits per heavy atom. The lowest BCUT2D eigenvalue weighted by atomic mass is 10.0. The van der Waals surface area contributed by atoms with Crippen LogP contribution in [0.4, 0.5) is 14.5 Å². The predicted octanol–water partition coefficient (Wildman–Crippen LogP) is 3.06. The van der Waals surface area contributed by atoms with E-state index in [1.54, 1.807) is 0 Å². The number of hydrogen-bond donors (Lipinski definition) is 1. The number of likely N-dealkylation sites (N-methyl/N-ethyl adjacent to an activating group) is 1. The minimum atomic E-state index is -0.866. The predicted molar refractivity (Wildman–Crippen MR) is 95.9 cm³/mol. The first-order valence-corrected chi connectivity index (χ1v) is 7.97. The number of hydrogen-bond acceptors (Lipinski definition) is 3. The molecule has 0 unspecified atom stereocenters. The van der Waals surface area contributed by atoms with Crippen LogP contribution in [0.5, 0.6) is 0 Å². The molecule has 6 heteroatoms. The SMILES string of the molecule is CN(C)c1ccc([C@@H](CNC(=O)c2c(F)cccc2F)N(C)C)cc1. The number of carbonyl (C=O) groups is 1. The van der Waals surface area contributed by atoms with Gasteiger partial charge in [-0.25, -0.2) is 8.78 Å². The van der Waals surface area contributed by atoms with Gasteiger partial charge in [-0.15, -0.1) is 0 Å². The van der Waals surface area contributed by atoms with Crippen LogP contribution in [0.2, 0.25) is 0 Å². The normalized spacial score (nSPS) is 12.1. The van der Waals surface area contributed by atoms with Gasteiger partial charge in [0, 0.05) is 26.3 Å². The Hall–Kier alpha value is -2.47. The molecule has 0 saturated heterocycles. The molecule has 25 heavy (non-hydrogen) atoms. The highest BCUT2D eigenvalue weighted by atomic mass is 19.1. The number of nitrogens with one attached hydrogen (secondary N) is 1. The van der Waals surface area contributed by atoms with Gasteiger partial charge in [0.15, 0.2) is 0 Å². The van der Waals surface area contributed by atoms with E-state index in [1.165, 1.54) is 6.07 Å². The Morgan fingerprint density at radius 2 is 1.56 bits per heavy atom. The zero-order valence-corrected chi connectivity index (χ0v) is 14.9. The molecule has 2 rings (SSSR count). The topological polar surface area (TPSA) is 35.6 Å². The van der Waals surface area contributed by atoms with Crippen molar-refractivity contribution < 1.29 is 13.6 Å². The molecule has 2 aromatic carbocycles. The highest BCUT2D eigenvalue weighted by molar-refractivity contribution is 5.94. The Bertz CT molecular complexity index is 710. The molecule has 1 N–H and O–H groups in total. The highest BCUT2D eigenvalue weighted by Gasteiger charge is 2.20. The molecule has 1 atom stereocenters. The van der Waals surface area contributed by atoms with Gasteiger partial charge in [-0.1, -0.05) is 18.2 Å². The third-order valence-corrected chi connectivity index (χ3v) is 4.06. The zero-order chi connectivity index (χ0) is 18.6. The molecule has 4 nitrogen and oxygen atoms in total. The van der Waals surface area contributed by atoms with Crippen LogP contribution in [-0.4, -0.2) is 45.5 Å². The second-order valence-electron chi connectivity index (χ2n) is 6.27. The molecule has 1 amide bonds. The van der Waals surface area contributed by atoms with Gasteiger partial charge in [0.25, 0.3) is 5.91 Å². The Morgan fingerprint density at radius 1 is 1.00 bits per heavy atom. The summed E-state index contributed by atoms with van der Waals surface area (Å²) < 4.78 is 27.4. The van der Waals surface area contributed by atoms with Crippen molar-refractivity contribution in [2.24, 2.45) is 0 Å². The van der Waals surface area contributed by atoms with Crippen LogP contribution >= 0.6 is 0 Å². The molecule has 0 saturated carbocycles. The molecule has 134 valence electrons. The van der Waals surface area contributed by atoms with Crippen LogP contribution in [0.1, 0.15) is 22.0 Å². The van der Waals surface area contributed by atoms with Crippen molar-refractivity contribution in [2.45, 2.75) is 6.04 Å². The maximum Gasteiger partial charge on any atom is 0.257 e. The van der Waals surface area contributed by atoms with Gasteiger partial charge in [-0.2, -0.15) is 0 Å². The van der Waals surface area contributed by atoms with E-state index < -0.39 is 23.1 Å². The lowest BCUT2D eigenvalue weighted by Gasteiger charge is -2.26. The van der Waals surface area contributed by atoms with E-state index in [0.717, 1.165) is 23.4 Å².